The van der Waals surface area contributed by atoms with E-state index in [9.17, 15) is 14.7 Å². The van der Waals surface area contributed by atoms with Gasteiger partial charge in [0.15, 0.2) is 11.3 Å². The Morgan fingerprint density at radius 2 is 2.00 bits per heavy atom. The molecule has 0 aliphatic carbocycles. The van der Waals surface area contributed by atoms with Gasteiger partial charge in [-0.05, 0) is 26.8 Å². The van der Waals surface area contributed by atoms with Gasteiger partial charge in [-0.1, -0.05) is 0 Å². The average molecular weight is 368 g/mol. The molecule has 3 aromatic rings. The summed E-state index contributed by atoms with van der Waals surface area (Å²) in [4.78, 5) is 30.6. The van der Waals surface area contributed by atoms with Gasteiger partial charge < -0.3 is 10.0 Å². The molecular formula is C18H20N6O3. The Labute approximate surface area is 155 Å². The first-order valence-corrected chi connectivity index (χ1v) is 8.84. The van der Waals surface area contributed by atoms with Crippen LogP contribution in [0.2, 0.25) is 0 Å². The van der Waals surface area contributed by atoms with Gasteiger partial charge >= 0.3 is 5.97 Å². The second-order valence-corrected chi connectivity index (χ2v) is 6.71. The Kier molecular flexibility index (Phi) is 3.94. The van der Waals surface area contributed by atoms with Gasteiger partial charge in [0.05, 0.1) is 12.2 Å². The normalized spacial score (nSPS) is 13.8. The number of aryl methyl sites for hydroxylation is 3. The van der Waals surface area contributed by atoms with Gasteiger partial charge in [0.2, 0.25) is 0 Å². The van der Waals surface area contributed by atoms with E-state index in [-0.39, 0.29) is 18.1 Å². The monoisotopic (exact) mass is 368 g/mol. The fourth-order valence-electron chi connectivity index (χ4n) is 3.61. The van der Waals surface area contributed by atoms with Crippen LogP contribution in [0.25, 0.3) is 5.65 Å². The predicted octanol–water partition coefficient (Wildman–Crippen LogP) is 1.46. The van der Waals surface area contributed by atoms with Crippen molar-refractivity contribution in [3.63, 3.8) is 0 Å². The van der Waals surface area contributed by atoms with Crippen LogP contribution in [-0.2, 0) is 19.5 Å². The zero-order chi connectivity index (χ0) is 19.3. The molecule has 0 fully saturated rings. The molecule has 0 radical (unpaired) electrons. The van der Waals surface area contributed by atoms with Gasteiger partial charge in [-0.25, -0.2) is 14.3 Å². The molecule has 4 rings (SSSR count). The maximum atomic E-state index is 13.0. The molecule has 0 unspecified atom stereocenters. The number of aromatic nitrogens is 5. The fraction of sp³-hybridized carbons (Fsp3) is 0.389. The first-order chi connectivity index (χ1) is 12.9. The molecule has 4 heterocycles. The van der Waals surface area contributed by atoms with Gasteiger partial charge in [0, 0.05) is 42.5 Å². The van der Waals surface area contributed by atoms with Gasteiger partial charge in [-0.2, -0.15) is 10.2 Å². The molecule has 140 valence electrons. The van der Waals surface area contributed by atoms with Crippen LogP contribution in [0.5, 0.6) is 0 Å². The van der Waals surface area contributed by atoms with E-state index in [1.165, 1.54) is 0 Å². The molecule has 0 saturated carbocycles. The third-order valence-electron chi connectivity index (χ3n) is 4.87. The van der Waals surface area contributed by atoms with Crippen molar-refractivity contribution in [1.29, 1.82) is 0 Å². The van der Waals surface area contributed by atoms with Crippen LogP contribution in [0.4, 0.5) is 0 Å². The highest BCUT2D eigenvalue weighted by Gasteiger charge is 2.30. The summed E-state index contributed by atoms with van der Waals surface area (Å²) >= 11 is 0. The Morgan fingerprint density at radius 3 is 2.70 bits per heavy atom. The number of carbonyl (C=O) groups is 2. The van der Waals surface area contributed by atoms with Gasteiger partial charge in [0.25, 0.3) is 5.91 Å². The fourth-order valence-corrected chi connectivity index (χ4v) is 3.61. The topological polar surface area (TPSA) is 106 Å². The van der Waals surface area contributed by atoms with Crippen LogP contribution < -0.4 is 0 Å². The lowest BCUT2D eigenvalue weighted by Gasteiger charge is -2.27. The molecule has 1 amide bonds. The SMILES string of the molecule is CCn1nc(C(=O)O)c2c1CCN(C(=O)c1cc(C)n3nc(C)cc3n1)C2. The Morgan fingerprint density at radius 1 is 1.22 bits per heavy atom. The summed E-state index contributed by atoms with van der Waals surface area (Å²) in [6.45, 7) is 6.99. The summed E-state index contributed by atoms with van der Waals surface area (Å²) in [6, 6.07) is 3.54. The van der Waals surface area contributed by atoms with E-state index in [1.807, 2.05) is 26.8 Å². The molecule has 0 atom stereocenters. The molecule has 0 saturated heterocycles. The third kappa shape index (κ3) is 2.75. The third-order valence-corrected chi connectivity index (χ3v) is 4.87. The number of aromatic carboxylic acids is 1. The average Bonchev–Trinajstić information content (AvgIpc) is 3.20. The van der Waals surface area contributed by atoms with Crippen molar-refractivity contribution in [2.75, 3.05) is 6.54 Å². The minimum atomic E-state index is -1.07. The number of carboxylic acid groups (broad SMARTS) is 1. The predicted molar refractivity (Wildman–Crippen MR) is 95.8 cm³/mol. The van der Waals surface area contributed by atoms with Crippen LogP contribution in [0.15, 0.2) is 12.1 Å². The number of hydrogen-bond donors (Lipinski definition) is 1. The van der Waals surface area contributed by atoms with E-state index < -0.39 is 5.97 Å². The summed E-state index contributed by atoms with van der Waals surface area (Å²) in [6.07, 6.45) is 0.572. The molecule has 9 nitrogen and oxygen atoms in total. The Balaban J connectivity index is 1.69. The molecule has 1 N–H and O–H groups in total. The Hall–Kier alpha value is -3.23. The van der Waals surface area contributed by atoms with Gasteiger partial charge in [-0.15, -0.1) is 0 Å². The molecule has 0 spiro atoms. The smallest absolute Gasteiger partial charge is 0.356 e. The number of carboxylic acids is 1. The van der Waals surface area contributed by atoms with E-state index in [0.717, 1.165) is 17.1 Å². The van der Waals surface area contributed by atoms with Crippen molar-refractivity contribution in [1.82, 2.24) is 29.3 Å². The van der Waals surface area contributed by atoms with Crippen molar-refractivity contribution < 1.29 is 14.7 Å². The molecule has 9 heteroatoms. The van der Waals surface area contributed by atoms with Gasteiger partial charge in [0.1, 0.15) is 5.69 Å². The second-order valence-electron chi connectivity index (χ2n) is 6.71. The van der Waals surface area contributed by atoms with Crippen molar-refractivity contribution in [2.45, 2.75) is 40.3 Å². The minimum Gasteiger partial charge on any atom is -0.476 e. The van der Waals surface area contributed by atoms with E-state index in [2.05, 4.69) is 15.2 Å². The number of rotatable bonds is 3. The van der Waals surface area contributed by atoms with Crippen molar-refractivity contribution in [3.05, 3.63) is 46.2 Å². The molecule has 27 heavy (non-hydrogen) atoms. The zero-order valence-corrected chi connectivity index (χ0v) is 15.4. The van der Waals surface area contributed by atoms with Gasteiger partial charge in [-0.3, -0.25) is 9.48 Å². The van der Waals surface area contributed by atoms with Crippen LogP contribution in [-0.4, -0.2) is 52.8 Å². The number of nitrogens with zero attached hydrogens (tertiary/aromatic N) is 6. The molecule has 1 aliphatic heterocycles. The number of fused-ring (bicyclic) bond motifs is 2. The summed E-state index contributed by atoms with van der Waals surface area (Å²) in [5.41, 5.74) is 4.14. The lowest BCUT2D eigenvalue weighted by atomic mass is 10.0. The lowest BCUT2D eigenvalue weighted by Crippen LogP contribution is -2.37. The highest BCUT2D eigenvalue weighted by molar-refractivity contribution is 5.93. The first kappa shape index (κ1) is 17.2. The lowest BCUT2D eigenvalue weighted by molar-refractivity contribution is 0.0673. The maximum absolute atomic E-state index is 13.0. The van der Waals surface area contributed by atoms with Crippen molar-refractivity contribution in [2.24, 2.45) is 0 Å². The summed E-state index contributed by atoms with van der Waals surface area (Å²) in [5, 5.41) is 18.0. The minimum absolute atomic E-state index is 0.0235. The van der Waals surface area contributed by atoms with Crippen molar-refractivity contribution >= 4 is 17.5 Å². The van der Waals surface area contributed by atoms with Crippen LogP contribution >= 0.6 is 0 Å². The second kappa shape index (κ2) is 6.19. The quantitative estimate of drug-likeness (QED) is 0.750. The first-order valence-electron chi connectivity index (χ1n) is 8.84. The van der Waals surface area contributed by atoms with E-state index >= 15 is 0 Å². The molecule has 0 bridgehead atoms. The van der Waals surface area contributed by atoms with E-state index in [0.29, 0.717) is 36.4 Å². The van der Waals surface area contributed by atoms with E-state index in [4.69, 9.17) is 0 Å². The molecule has 0 aromatic carbocycles. The Bertz CT molecular complexity index is 1080. The van der Waals surface area contributed by atoms with Crippen LogP contribution in [0.1, 0.15) is 50.5 Å². The highest BCUT2D eigenvalue weighted by atomic mass is 16.4. The summed E-state index contributed by atoms with van der Waals surface area (Å²) < 4.78 is 3.42. The summed E-state index contributed by atoms with van der Waals surface area (Å²) in [7, 11) is 0. The standard InChI is InChI=1S/C18H20N6O3/c1-4-23-14-5-6-22(9-12(14)16(21-23)18(26)27)17(25)13-8-11(3)24-15(19-13)7-10(2)20-24/h7-8H,4-6,9H2,1-3H3,(H,26,27). The highest BCUT2D eigenvalue weighted by Crippen LogP contribution is 2.24. The molecular weight excluding hydrogens is 348 g/mol. The summed E-state index contributed by atoms with van der Waals surface area (Å²) in [5.74, 6) is -1.29. The molecule has 1 aliphatic rings. The maximum Gasteiger partial charge on any atom is 0.356 e. The zero-order valence-electron chi connectivity index (χ0n) is 15.4. The van der Waals surface area contributed by atoms with Crippen LogP contribution in [0.3, 0.4) is 0 Å². The van der Waals surface area contributed by atoms with Crippen LogP contribution in [0, 0.1) is 13.8 Å². The largest absolute Gasteiger partial charge is 0.476 e. The number of hydrogen-bond acceptors (Lipinski definition) is 5. The number of amides is 1. The number of carbonyl (C=O) groups excluding carboxylic acids is 1. The van der Waals surface area contributed by atoms with E-state index in [1.54, 1.807) is 20.2 Å². The van der Waals surface area contributed by atoms with Crippen molar-refractivity contribution in [3.8, 4) is 0 Å². The molecule has 3 aromatic heterocycles.